The van der Waals surface area contributed by atoms with Gasteiger partial charge in [0.15, 0.2) is 0 Å². The Bertz CT molecular complexity index is 433. The maximum atomic E-state index is 11.7. The molecule has 1 aromatic rings. The van der Waals surface area contributed by atoms with Gasteiger partial charge in [-0.2, -0.15) is 0 Å². The van der Waals surface area contributed by atoms with Crippen molar-refractivity contribution in [3.63, 3.8) is 0 Å². The molecule has 0 amide bonds. The van der Waals surface area contributed by atoms with E-state index in [0.717, 1.165) is 38.0 Å². The maximum absolute atomic E-state index is 11.7. The van der Waals surface area contributed by atoms with Crippen molar-refractivity contribution in [3.05, 3.63) is 35.4 Å². The monoisotopic (exact) mass is 263 g/mol. The van der Waals surface area contributed by atoms with E-state index >= 15 is 0 Å². The molecule has 2 rings (SSSR count). The molecule has 4 nitrogen and oxygen atoms in total. The molecule has 0 saturated carbocycles. The summed E-state index contributed by atoms with van der Waals surface area (Å²) in [5, 5.41) is 8.97. The van der Waals surface area contributed by atoms with Crippen molar-refractivity contribution in [3.8, 4) is 0 Å². The zero-order valence-corrected chi connectivity index (χ0v) is 11.3. The lowest BCUT2D eigenvalue weighted by Gasteiger charge is -2.17. The van der Waals surface area contributed by atoms with Crippen molar-refractivity contribution >= 4 is 5.97 Å². The van der Waals surface area contributed by atoms with Gasteiger partial charge in [0, 0.05) is 19.7 Å². The molecule has 1 atom stereocenters. The lowest BCUT2D eigenvalue weighted by Crippen LogP contribution is -2.22. The molecule has 0 radical (unpaired) electrons. The van der Waals surface area contributed by atoms with Gasteiger partial charge in [-0.15, -0.1) is 0 Å². The number of methoxy groups -OCH3 is 1. The Morgan fingerprint density at radius 1 is 1.47 bits per heavy atom. The summed E-state index contributed by atoms with van der Waals surface area (Å²) in [5.74, 6) is 0.303. The SMILES string of the molecule is COC(=O)c1ccccc1CN1CCC(CCO)C1. The fourth-order valence-electron chi connectivity index (χ4n) is 2.68. The van der Waals surface area contributed by atoms with Crippen molar-refractivity contribution in [2.75, 3.05) is 26.8 Å². The van der Waals surface area contributed by atoms with Crippen LogP contribution < -0.4 is 0 Å². The first kappa shape index (κ1) is 14.0. The largest absolute Gasteiger partial charge is 0.465 e. The molecule has 19 heavy (non-hydrogen) atoms. The highest BCUT2D eigenvalue weighted by molar-refractivity contribution is 5.90. The fraction of sp³-hybridized carbons (Fsp3) is 0.533. The standard InChI is InChI=1S/C15H21NO3/c1-19-15(18)14-5-3-2-4-13(14)11-16-8-6-12(10-16)7-9-17/h2-5,12,17H,6-11H2,1H3. The predicted molar refractivity (Wildman–Crippen MR) is 72.9 cm³/mol. The van der Waals surface area contributed by atoms with Crippen LogP contribution in [-0.2, 0) is 11.3 Å². The summed E-state index contributed by atoms with van der Waals surface area (Å²) in [6, 6.07) is 7.59. The molecular formula is C15H21NO3. The summed E-state index contributed by atoms with van der Waals surface area (Å²) in [5.41, 5.74) is 1.66. The van der Waals surface area contributed by atoms with Gasteiger partial charge in [0.05, 0.1) is 12.7 Å². The van der Waals surface area contributed by atoms with Gasteiger partial charge in [-0.25, -0.2) is 4.79 Å². The van der Waals surface area contributed by atoms with E-state index < -0.39 is 0 Å². The number of aliphatic hydroxyl groups excluding tert-OH is 1. The number of rotatable bonds is 5. The number of likely N-dealkylation sites (tertiary alicyclic amines) is 1. The summed E-state index contributed by atoms with van der Waals surface area (Å²) in [6.07, 6.45) is 2.00. The zero-order valence-electron chi connectivity index (χ0n) is 11.3. The van der Waals surface area contributed by atoms with E-state index in [1.54, 1.807) is 0 Å². The summed E-state index contributed by atoms with van der Waals surface area (Å²) in [7, 11) is 1.41. The van der Waals surface area contributed by atoms with Crippen LogP contribution in [0.3, 0.4) is 0 Å². The Balaban J connectivity index is 2.02. The summed E-state index contributed by atoms with van der Waals surface area (Å²) >= 11 is 0. The summed E-state index contributed by atoms with van der Waals surface area (Å²) in [6.45, 7) is 3.06. The number of hydrogen-bond donors (Lipinski definition) is 1. The minimum atomic E-state index is -0.276. The van der Waals surface area contributed by atoms with Gasteiger partial charge >= 0.3 is 5.97 Å². The molecule has 1 fully saturated rings. The van der Waals surface area contributed by atoms with Crippen LogP contribution in [0.25, 0.3) is 0 Å². The molecule has 0 bridgehead atoms. The smallest absolute Gasteiger partial charge is 0.338 e. The van der Waals surface area contributed by atoms with Crippen LogP contribution in [-0.4, -0.2) is 42.8 Å². The number of nitrogens with zero attached hydrogens (tertiary/aromatic N) is 1. The third-order valence-electron chi connectivity index (χ3n) is 3.72. The Labute approximate surface area is 114 Å². The third-order valence-corrected chi connectivity index (χ3v) is 3.72. The van der Waals surface area contributed by atoms with Crippen molar-refractivity contribution in [2.45, 2.75) is 19.4 Å². The Morgan fingerprint density at radius 3 is 3.00 bits per heavy atom. The van der Waals surface area contributed by atoms with E-state index in [9.17, 15) is 4.79 Å². The first-order chi connectivity index (χ1) is 9.24. The molecule has 0 aliphatic carbocycles. The van der Waals surface area contributed by atoms with E-state index in [-0.39, 0.29) is 12.6 Å². The predicted octanol–water partition coefficient (Wildman–Crippen LogP) is 1.68. The topological polar surface area (TPSA) is 49.8 Å². The molecule has 0 aromatic heterocycles. The van der Waals surface area contributed by atoms with Crippen molar-refractivity contribution < 1.29 is 14.6 Å². The average Bonchev–Trinajstić information content (AvgIpc) is 2.86. The van der Waals surface area contributed by atoms with Gasteiger partial charge in [0.25, 0.3) is 0 Å². The summed E-state index contributed by atoms with van der Waals surface area (Å²) < 4.78 is 4.81. The van der Waals surface area contributed by atoms with Crippen LogP contribution in [0.15, 0.2) is 24.3 Å². The number of hydrogen-bond acceptors (Lipinski definition) is 4. The molecule has 1 saturated heterocycles. The quantitative estimate of drug-likeness (QED) is 0.821. The number of benzene rings is 1. The van der Waals surface area contributed by atoms with Gasteiger partial charge < -0.3 is 9.84 Å². The van der Waals surface area contributed by atoms with E-state index in [1.807, 2.05) is 24.3 Å². The first-order valence-electron chi connectivity index (χ1n) is 6.74. The van der Waals surface area contributed by atoms with Gasteiger partial charge in [0.1, 0.15) is 0 Å². The lowest BCUT2D eigenvalue weighted by atomic mass is 10.1. The second-order valence-corrected chi connectivity index (χ2v) is 5.05. The molecular weight excluding hydrogens is 242 g/mol. The summed E-state index contributed by atoms with van der Waals surface area (Å²) in [4.78, 5) is 14.0. The van der Waals surface area contributed by atoms with Gasteiger partial charge in [-0.1, -0.05) is 18.2 Å². The second kappa shape index (κ2) is 6.68. The highest BCUT2D eigenvalue weighted by atomic mass is 16.5. The molecule has 1 aliphatic heterocycles. The van der Waals surface area contributed by atoms with Crippen molar-refractivity contribution in [2.24, 2.45) is 5.92 Å². The lowest BCUT2D eigenvalue weighted by molar-refractivity contribution is 0.0598. The number of aliphatic hydroxyl groups is 1. The number of carbonyl (C=O) groups is 1. The minimum absolute atomic E-state index is 0.261. The average molecular weight is 263 g/mol. The van der Waals surface area contributed by atoms with Crippen molar-refractivity contribution in [1.29, 1.82) is 0 Å². The Morgan fingerprint density at radius 2 is 2.26 bits per heavy atom. The fourth-order valence-corrected chi connectivity index (χ4v) is 2.68. The Kier molecular flexibility index (Phi) is 4.93. The van der Waals surface area contributed by atoms with Gasteiger partial charge in [0.2, 0.25) is 0 Å². The van der Waals surface area contributed by atoms with Crippen LogP contribution in [0.4, 0.5) is 0 Å². The van der Waals surface area contributed by atoms with Gasteiger partial charge in [-0.05, 0) is 36.9 Å². The number of carbonyl (C=O) groups excluding carboxylic acids is 1. The second-order valence-electron chi connectivity index (χ2n) is 5.05. The molecule has 1 heterocycles. The van der Waals surface area contributed by atoms with Crippen LogP contribution in [0.2, 0.25) is 0 Å². The molecule has 1 aromatic carbocycles. The van der Waals surface area contributed by atoms with Crippen LogP contribution in [0.5, 0.6) is 0 Å². The molecule has 1 aliphatic rings. The molecule has 1 unspecified atom stereocenters. The highest BCUT2D eigenvalue weighted by Crippen LogP contribution is 2.22. The first-order valence-corrected chi connectivity index (χ1v) is 6.74. The van der Waals surface area contributed by atoms with E-state index in [0.29, 0.717) is 11.5 Å². The minimum Gasteiger partial charge on any atom is -0.465 e. The molecule has 104 valence electrons. The third kappa shape index (κ3) is 3.55. The van der Waals surface area contributed by atoms with E-state index in [4.69, 9.17) is 9.84 Å². The van der Waals surface area contributed by atoms with Crippen LogP contribution >= 0.6 is 0 Å². The number of ether oxygens (including phenoxy) is 1. The van der Waals surface area contributed by atoms with Gasteiger partial charge in [-0.3, -0.25) is 4.90 Å². The Hall–Kier alpha value is -1.39. The van der Waals surface area contributed by atoms with Crippen LogP contribution in [0.1, 0.15) is 28.8 Å². The molecule has 1 N–H and O–H groups in total. The maximum Gasteiger partial charge on any atom is 0.338 e. The zero-order chi connectivity index (χ0) is 13.7. The normalized spacial score (nSPS) is 19.6. The van der Waals surface area contributed by atoms with E-state index in [1.165, 1.54) is 7.11 Å². The van der Waals surface area contributed by atoms with Crippen LogP contribution in [0, 0.1) is 5.92 Å². The highest BCUT2D eigenvalue weighted by Gasteiger charge is 2.23. The molecule has 4 heteroatoms. The number of esters is 1. The van der Waals surface area contributed by atoms with Crippen molar-refractivity contribution in [1.82, 2.24) is 4.90 Å². The molecule has 0 spiro atoms. The van der Waals surface area contributed by atoms with E-state index in [2.05, 4.69) is 4.90 Å².